The Balaban J connectivity index is 1.56. The molecule has 1 aliphatic carbocycles. The van der Waals surface area contributed by atoms with Crippen molar-refractivity contribution in [1.82, 2.24) is 20.3 Å². The summed E-state index contributed by atoms with van der Waals surface area (Å²) in [5.41, 5.74) is 3.27. The van der Waals surface area contributed by atoms with Gasteiger partial charge in [0.25, 0.3) is 0 Å². The summed E-state index contributed by atoms with van der Waals surface area (Å²) >= 11 is 1.46. The minimum Gasteiger partial charge on any atom is -0.388 e. The number of thiazole rings is 1. The third-order valence-corrected chi connectivity index (χ3v) is 7.67. The number of aryl methyl sites for hydroxylation is 1. The van der Waals surface area contributed by atoms with Crippen LogP contribution in [-0.4, -0.2) is 66.6 Å². The highest BCUT2D eigenvalue weighted by Gasteiger charge is 2.31. The van der Waals surface area contributed by atoms with Crippen molar-refractivity contribution in [2.24, 2.45) is 0 Å². The first-order chi connectivity index (χ1) is 17.4. The third kappa shape index (κ3) is 5.05. The predicted molar refractivity (Wildman–Crippen MR) is 144 cm³/mol. The Labute approximate surface area is 214 Å². The highest BCUT2D eigenvalue weighted by Crippen LogP contribution is 2.37. The van der Waals surface area contributed by atoms with E-state index in [1.807, 2.05) is 45.1 Å². The minimum absolute atomic E-state index is 0.0934. The monoisotopic (exact) mass is 509 g/mol. The van der Waals surface area contributed by atoms with Gasteiger partial charge in [0.1, 0.15) is 16.6 Å². The number of hydrogen-bond donors (Lipinski definition) is 2. The van der Waals surface area contributed by atoms with Crippen molar-refractivity contribution in [2.45, 2.75) is 51.4 Å². The van der Waals surface area contributed by atoms with Crippen LogP contribution in [0.4, 0.5) is 15.5 Å². The van der Waals surface area contributed by atoms with Crippen LogP contribution in [0, 0.1) is 11.2 Å². The van der Waals surface area contributed by atoms with Crippen LogP contribution in [0.15, 0.2) is 30.0 Å². The van der Waals surface area contributed by atoms with Crippen LogP contribution in [-0.2, 0) is 11.2 Å². The van der Waals surface area contributed by atoms with Crippen LogP contribution >= 0.6 is 11.3 Å². The number of ether oxygens (including phenoxy) is 1. The summed E-state index contributed by atoms with van der Waals surface area (Å²) in [6, 6.07) is 5.83. The second-order valence-corrected chi connectivity index (χ2v) is 10.6. The molecule has 2 unspecified atom stereocenters. The number of hydrogen-bond acceptors (Lipinski definition) is 9. The van der Waals surface area contributed by atoms with Crippen LogP contribution in [0.3, 0.4) is 0 Å². The summed E-state index contributed by atoms with van der Waals surface area (Å²) in [4.78, 5) is 18.4. The zero-order valence-electron chi connectivity index (χ0n) is 21.1. The van der Waals surface area contributed by atoms with Crippen LogP contribution in [0.2, 0.25) is 0 Å². The van der Waals surface area contributed by atoms with Crippen molar-refractivity contribution < 1.29 is 9.13 Å². The maximum Gasteiger partial charge on any atom is 0.228 e. The van der Waals surface area contributed by atoms with Crippen molar-refractivity contribution >= 4 is 39.0 Å². The summed E-state index contributed by atoms with van der Waals surface area (Å²) in [7, 11) is 3.86. The molecule has 3 aromatic rings. The molecular weight excluding hydrogens is 477 g/mol. The summed E-state index contributed by atoms with van der Waals surface area (Å²) in [5.74, 6) is 0.195. The van der Waals surface area contributed by atoms with Crippen molar-refractivity contribution in [2.75, 3.05) is 37.0 Å². The van der Waals surface area contributed by atoms with Gasteiger partial charge in [-0.25, -0.2) is 9.37 Å². The predicted octanol–water partition coefficient (Wildman–Crippen LogP) is 4.40. The maximum atomic E-state index is 15.3. The Morgan fingerprint density at radius 1 is 1.28 bits per heavy atom. The van der Waals surface area contributed by atoms with Crippen molar-refractivity contribution in [3.05, 3.63) is 41.4 Å². The molecule has 1 aromatic carbocycles. The zero-order valence-corrected chi connectivity index (χ0v) is 21.9. The Morgan fingerprint density at radius 2 is 2.08 bits per heavy atom. The molecule has 2 aromatic heterocycles. The van der Waals surface area contributed by atoms with Gasteiger partial charge in [-0.3, -0.25) is 0 Å². The average molecular weight is 510 g/mol. The number of rotatable bonds is 8. The molecule has 0 radical (unpaired) electrons. The molecule has 3 heterocycles. The van der Waals surface area contributed by atoms with Crippen LogP contribution in [0.5, 0.6) is 0 Å². The molecule has 1 saturated carbocycles. The second-order valence-electron chi connectivity index (χ2n) is 9.65. The SMILES string of the molecule is CCc1ccc(-c2nc(N3CC(C)OC(/C(C=N)=C/NC4CC4)C3)nc3nc(N(C)C)sc23)c(F)c1. The fourth-order valence-electron chi connectivity index (χ4n) is 4.28. The van der Waals surface area contributed by atoms with E-state index in [-0.39, 0.29) is 18.0 Å². The number of anilines is 2. The number of halogens is 1. The highest BCUT2D eigenvalue weighted by atomic mass is 32.1. The summed E-state index contributed by atoms with van der Waals surface area (Å²) in [5, 5.41) is 12.1. The number of fused-ring (bicyclic) bond motifs is 1. The average Bonchev–Trinajstić information content (AvgIpc) is 3.58. The molecule has 1 aliphatic heterocycles. The zero-order chi connectivity index (χ0) is 25.4. The van der Waals surface area contributed by atoms with Gasteiger partial charge < -0.3 is 25.3 Å². The Kier molecular flexibility index (Phi) is 6.90. The van der Waals surface area contributed by atoms with E-state index in [0.717, 1.165) is 40.2 Å². The quantitative estimate of drug-likeness (QED) is 0.435. The summed E-state index contributed by atoms with van der Waals surface area (Å²) in [6.45, 7) is 5.09. The molecule has 8 nitrogen and oxygen atoms in total. The van der Waals surface area contributed by atoms with Crippen LogP contribution in [0.1, 0.15) is 32.3 Å². The van der Waals surface area contributed by atoms with E-state index in [2.05, 4.69) is 10.2 Å². The van der Waals surface area contributed by atoms with E-state index < -0.39 is 0 Å². The molecule has 2 N–H and O–H groups in total. The molecular formula is C26H32FN7OS. The molecule has 2 atom stereocenters. The number of aromatic nitrogens is 3. The van der Waals surface area contributed by atoms with Gasteiger partial charge in [-0.2, -0.15) is 9.97 Å². The van der Waals surface area contributed by atoms with Gasteiger partial charge in [0.05, 0.1) is 18.3 Å². The number of benzene rings is 1. The molecule has 2 fully saturated rings. The first kappa shape index (κ1) is 24.6. The second kappa shape index (κ2) is 10.1. The number of nitrogens with one attached hydrogen (secondary N) is 2. The first-order valence-electron chi connectivity index (χ1n) is 12.4. The normalized spacial score (nSPS) is 20.6. The summed E-state index contributed by atoms with van der Waals surface area (Å²) < 4.78 is 22.2. The van der Waals surface area contributed by atoms with Crippen molar-refractivity contribution in [3.8, 4) is 11.3 Å². The van der Waals surface area contributed by atoms with E-state index >= 15 is 4.39 Å². The van der Waals surface area contributed by atoms with E-state index in [4.69, 9.17) is 25.1 Å². The molecule has 1 saturated heterocycles. The fraction of sp³-hybridized carbons (Fsp3) is 0.462. The van der Waals surface area contributed by atoms with Crippen LogP contribution in [0.25, 0.3) is 21.6 Å². The molecule has 5 rings (SSSR count). The topological polar surface area (TPSA) is 90.3 Å². The molecule has 2 aliphatic rings. The van der Waals surface area contributed by atoms with Gasteiger partial charge in [0.2, 0.25) is 5.95 Å². The summed E-state index contributed by atoms with van der Waals surface area (Å²) in [6.07, 6.45) is 5.93. The number of nitrogens with zero attached hydrogens (tertiary/aromatic N) is 5. The maximum absolute atomic E-state index is 15.3. The third-order valence-electron chi connectivity index (χ3n) is 6.45. The molecule has 36 heavy (non-hydrogen) atoms. The Hall–Kier alpha value is -3.11. The lowest BCUT2D eigenvalue weighted by Gasteiger charge is -2.37. The highest BCUT2D eigenvalue weighted by molar-refractivity contribution is 7.22. The standard InChI is InChI=1S/C26H32FN7OS/c1-5-16-6-9-19(20(27)10-16)22-23-24(32-26(36-23)33(3)4)31-25(30-22)34-13-15(2)35-21(14-34)17(11-28)12-29-18-7-8-18/h6,9-12,15,18,21,28-29H,5,7-8,13-14H2,1-4H3/b17-12+,28-11?. The van der Waals surface area contributed by atoms with Crippen molar-refractivity contribution in [3.63, 3.8) is 0 Å². The van der Waals surface area contributed by atoms with Gasteiger partial charge in [0, 0.05) is 50.2 Å². The van der Waals surface area contributed by atoms with Crippen LogP contribution < -0.4 is 15.1 Å². The van der Waals surface area contributed by atoms with Gasteiger partial charge in [-0.05, 0) is 43.9 Å². The lowest BCUT2D eigenvalue weighted by Crippen LogP contribution is -2.48. The van der Waals surface area contributed by atoms with Gasteiger partial charge in [0.15, 0.2) is 10.8 Å². The Morgan fingerprint density at radius 3 is 2.75 bits per heavy atom. The molecule has 10 heteroatoms. The van der Waals surface area contributed by atoms with Gasteiger partial charge in [-0.15, -0.1) is 0 Å². The smallest absolute Gasteiger partial charge is 0.228 e. The van der Waals surface area contributed by atoms with E-state index in [9.17, 15) is 0 Å². The largest absolute Gasteiger partial charge is 0.388 e. The molecule has 0 spiro atoms. The van der Waals surface area contributed by atoms with E-state index in [1.165, 1.54) is 17.6 Å². The molecule has 190 valence electrons. The van der Waals surface area contributed by atoms with Crippen molar-refractivity contribution in [1.29, 1.82) is 5.41 Å². The first-order valence-corrected chi connectivity index (χ1v) is 13.2. The number of morpholine rings is 1. The van der Waals surface area contributed by atoms with Gasteiger partial charge >= 0.3 is 0 Å². The molecule has 0 bridgehead atoms. The Bertz CT molecular complexity index is 1300. The lowest BCUT2D eigenvalue weighted by molar-refractivity contribution is 0.00652. The van der Waals surface area contributed by atoms with E-state index in [1.54, 1.807) is 12.1 Å². The van der Waals surface area contributed by atoms with Gasteiger partial charge in [-0.1, -0.05) is 24.3 Å². The fourth-order valence-corrected chi connectivity index (χ4v) is 5.21. The minimum atomic E-state index is -0.298. The molecule has 0 amide bonds. The lowest BCUT2D eigenvalue weighted by atomic mass is 10.1. The van der Waals surface area contributed by atoms with E-state index in [0.29, 0.717) is 42.0 Å².